The van der Waals surface area contributed by atoms with Crippen molar-refractivity contribution in [3.63, 3.8) is 0 Å². The second kappa shape index (κ2) is 7.24. The van der Waals surface area contributed by atoms with Gasteiger partial charge in [0.15, 0.2) is 0 Å². The van der Waals surface area contributed by atoms with Gasteiger partial charge in [0, 0.05) is 26.2 Å². The Labute approximate surface area is 123 Å². The average molecular weight is 302 g/mol. The number of aliphatic hydroxyl groups excluding tert-OH is 1. The van der Waals surface area contributed by atoms with E-state index in [1.165, 1.54) is 12.1 Å². The van der Waals surface area contributed by atoms with Crippen molar-refractivity contribution in [2.24, 2.45) is 0 Å². The molecule has 0 spiro atoms. The minimum absolute atomic E-state index is 0.146. The molecule has 3 nitrogen and oxygen atoms in total. The number of benzene rings is 1. The molecule has 2 rings (SSSR count). The van der Waals surface area contributed by atoms with E-state index in [0.717, 1.165) is 38.7 Å². The summed E-state index contributed by atoms with van der Waals surface area (Å²) in [7, 11) is 0. The maximum absolute atomic E-state index is 12.7. The van der Waals surface area contributed by atoms with Crippen molar-refractivity contribution < 1.29 is 18.3 Å². The zero-order valence-electron chi connectivity index (χ0n) is 11.9. The lowest BCUT2D eigenvalue weighted by molar-refractivity contribution is -0.137. The van der Waals surface area contributed by atoms with Crippen LogP contribution in [0.2, 0.25) is 0 Å². The number of rotatable bonds is 4. The maximum atomic E-state index is 12.7. The van der Waals surface area contributed by atoms with Gasteiger partial charge in [-0.05, 0) is 31.1 Å². The maximum Gasteiger partial charge on any atom is 0.416 e. The van der Waals surface area contributed by atoms with E-state index in [1.807, 2.05) is 0 Å². The van der Waals surface area contributed by atoms with Gasteiger partial charge in [-0.15, -0.1) is 0 Å². The molecule has 1 aromatic rings. The minimum Gasteiger partial charge on any atom is -0.395 e. The number of aliphatic hydroxyl groups is 1. The third-order valence-electron chi connectivity index (χ3n) is 3.76. The Morgan fingerprint density at radius 3 is 2.48 bits per heavy atom. The summed E-state index contributed by atoms with van der Waals surface area (Å²) < 4.78 is 38.1. The smallest absolute Gasteiger partial charge is 0.395 e. The van der Waals surface area contributed by atoms with Crippen molar-refractivity contribution in [1.29, 1.82) is 0 Å². The molecule has 0 unspecified atom stereocenters. The summed E-state index contributed by atoms with van der Waals surface area (Å²) in [6.45, 7) is 4.81. The Morgan fingerprint density at radius 1 is 1.05 bits per heavy atom. The van der Waals surface area contributed by atoms with Crippen molar-refractivity contribution in [3.05, 3.63) is 35.4 Å². The van der Waals surface area contributed by atoms with Crippen LogP contribution in [-0.2, 0) is 12.7 Å². The lowest BCUT2D eigenvalue weighted by atomic mass is 10.1. The van der Waals surface area contributed by atoms with E-state index in [9.17, 15) is 13.2 Å². The van der Waals surface area contributed by atoms with Gasteiger partial charge in [0.05, 0.1) is 12.2 Å². The molecule has 1 heterocycles. The molecular weight excluding hydrogens is 281 g/mol. The number of hydrogen-bond donors (Lipinski definition) is 1. The highest BCUT2D eigenvalue weighted by atomic mass is 19.4. The van der Waals surface area contributed by atoms with E-state index in [2.05, 4.69) is 9.80 Å². The second-order valence-electron chi connectivity index (χ2n) is 5.39. The Bertz CT molecular complexity index is 451. The van der Waals surface area contributed by atoms with Crippen LogP contribution in [0.15, 0.2) is 24.3 Å². The molecule has 1 fully saturated rings. The molecule has 0 amide bonds. The summed E-state index contributed by atoms with van der Waals surface area (Å²) >= 11 is 0. The first-order valence-electron chi connectivity index (χ1n) is 7.21. The Balaban J connectivity index is 1.95. The van der Waals surface area contributed by atoms with Crippen molar-refractivity contribution in [1.82, 2.24) is 9.80 Å². The van der Waals surface area contributed by atoms with Crippen LogP contribution in [0.3, 0.4) is 0 Å². The van der Waals surface area contributed by atoms with E-state index in [-0.39, 0.29) is 6.61 Å². The van der Waals surface area contributed by atoms with Crippen LogP contribution < -0.4 is 0 Å². The molecule has 0 bridgehead atoms. The molecule has 1 N–H and O–H groups in total. The van der Waals surface area contributed by atoms with Gasteiger partial charge in [-0.3, -0.25) is 9.80 Å². The van der Waals surface area contributed by atoms with E-state index in [0.29, 0.717) is 18.7 Å². The molecule has 1 saturated heterocycles. The summed E-state index contributed by atoms with van der Waals surface area (Å²) in [5.41, 5.74) is 0.108. The first kappa shape index (κ1) is 16.3. The Morgan fingerprint density at radius 2 is 1.76 bits per heavy atom. The molecule has 6 heteroatoms. The molecule has 0 atom stereocenters. The van der Waals surface area contributed by atoms with Gasteiger partial charge in [0.1, 0.15) is 0 Å². The second-order valence-corrected chi connectivity index (χ2v) is 5.39. The third-order valence-corrected chi connectivity index (χ3v) is 3.76. The molecular formula is C15H21F3N2O. The highest BCUT2D eigenvalue weighted by Crippen LogP contribution is 2.29. The molecule has 118 valence electrons. The van der Waals surface area contributed by atoms with Gasteiger partial charge in [-0.25, -0.2) is 0 Å². The fourth-order valence-corrected chi connectivity index (χ4v) is 2.65. The molecule has 0 aliphatic carbocycles. The monoisotopic (exact) mass is 302 g/mol. The molecule has 0 saturated carbocycles. The number of halogens is 3. The fraction of sp³-hybridized carbons (Fsp3) is 0.600. The predicted octanol–water partition coefficient (Wildman–Crippen LogP) is 2.21. The molecule has 1 aliphatic heterocycles. The van der Waals surface area contributed by atoms with Gasteiger partial charge in [-0.2, -0.15) is 13.2 Å². The SMILES string of the molecule is OCCN1CCCN(Cc2cccc(C(F)(F)F)c2)CC1. The molecule has 0 radical (unpaired) electrons. The predicted molar refractivity (Wildman–Crippen MR) is 74.9 cm³/mol. The zero-order chi connectivity index (χ0) is 15.3. The van der Waals surface area contributed by atoms with Crippen LogP contribution >= 0.6 is 0 Å². The number of nitrogens with zero attached hydrogens (tertiary/aromatic N) is 2. The molecule has 1 aliphatic rings. The van der Waals surface area contributed by atoms with Gasteiger partial charge < -0.3 is 5.11 Å². The van der Waals surface area contributed by atoms with Crippen LogP contribution in [0.1, 0.15) is 17.5 Å². The summed E-state index contributed by atoms with van der Waals surface area (Å²) in [6.07, 6.45) is -3.31. The van der Waals surface area contributed by atoms with E-state index in [1.54, 1.807) is 6.07 Å². The van der Waals surface area contributed by atoms with E-state index >= 15 is 0 Å². The largest absolute Gasteiger partial charge is 0.416 e. The highest BCUT2D eigenvalue weighted by Gasteiger charge is 2.30. The topological polar surface area (TPSA) is 26.7 Å². The zero-order valence-corrected chi connectivity index (χ0v) is 11.9. The normalized spacial score (nSPS) is 18.7. The summed E-state index contributed by atoms with van der Waals surface area (Å²) in [6, 6.07) is 5.55. The van der Waals surface area contributed by atoms with Gasteiger partial charge in [-0.1, -0.05) is 18.2 Å². The van der Waals surface area contributed by atoms with Gasteiger partial charge >= 0.3 is 6.18 Å². The first-order valence-corrected chi connectivity index (χ1v) is 7.21. The molecule has 0 aromatic heterocycles. The highest BCUT2D eigenvalue weighted by molar-refractivity contribution is 5.25. The van der Waals surface area contributed by atoms with E-state index < -0.39 is 11.7 Å². The Hall–Kier alpha value is -1.11. The quantitative estimate of drug-likeness (QED) is 0.924. The van der Waals surface area contributed by atoms with Gasteiger partial charge in [0.2, 0.25) is 0 Å². The first-order chi connectivity index (χ1) is 9.99. The van der Waals surface area contributed by atoms with Crippen molar-refractivity contribution in [3.8, 4) is 0 Å². The molecule has 1 aromatic carbocycles. The van der Waals surface area contributed by atoms with E-state index in [4.69, 9.17) is 5.11 Å². The summed E-state index contributed by atoms with van der Waals surface area (Å²) in [5.74, 6) is 0. The molecule has 21 heavy (non-hydrogen) atoms. The number of β-amino-alcohol motifs (C(OH)–C–C–N with tert-alkyl or cyclic N) is 1. The van der Waals surface area contributed by atoms with Crippen LogP contribution in [0.25, 0.3) is 0 Å². The van der Waals surface area contributed by atoms with Crippen LogP contribution in [-0.4, -0.2) is 54.2 Å². The van der Waals surface area contributed by atoms with Crippen molar-refractivity contribution in [2.75, 3.05) is 39.3 Å². The Kier molecular flexibility index (Phi) is 5.61. The summed E-state index contributed by atoms with van der Waals surface area (Å²) in [4.78, 5) is 4.36. The van der Waals surface area contributed by atoms with Crippen LogP contribution in [0.5, 0.6) is 0 Å². The lowest BCUT2D eigenvalue weighted by Crippen LogP contribution is -2.32. The van der Waals surface area contributed by atoms with Crippen molar-refractivity contribution >= 4 is 0 Å². The minimum atomic E-state index is -4.28. The lowest BCUT2D eigenvalue weighted by Gasteiger charge is -2.21. The number of hydrogen-bond acceptors (Lipinski definition) is 3. The standard InChI is InChI=1S/C15H21F3N2O/c16-15(17,18)14-4-1-3-13(11-14)12-20-6-2-5-19(7-8-20)9-10-21/h1,3-4,11,21H,2,5-10,12H2. The van der Waals surface area contributed by atoms with Gasteiger partial charge in [0.25, 0.3) is 0 Å². The van der Waals surface area contributed by atoms with Crippen LogP contribution in [0.4, 0.5) is 13.2 Å². The number of alkyl halides is 3. The fourth-order valence-electron chi connectivity index (χ4n) is 2.65. The van der Waals surface area contributed by atoms with Crippen molar-refractivity contribution in [2.45, 2.75) is 19.1 Å². The summed E-state index contributed by atoms with van der Waals surface area (Å²) in [5, 5.41) is 8.96. The third kappa shape index (κ3) is 4.98. The average Bonchev–Trinajstić information content (AvgIpc) is 2.64. The van der Waals surface area contributed by atoms with Crippen LogP contribution in [0, 0.1) is 0 Å².